The monoisotopic (exact) mass is 440 g/mol. The Labute approximate surface area is 188 Å². The smallest absolute Gasteiger partial charge is 0.223 e. The van der Waals surface area contributed by atoms with Crippen LogP contribution in [0.15, 0.2) is 24.4 Å². The minimum absolute atomic E-state index is 0.201. The molecule has 1 atom stereocenters. The van der Waals surface area contributed by atoms with Gasteiger partial charge in [-0.3, -0.25) is 9.10 Å². The van der Waals surface area contributed by atoms with Crippen molar-refractivity contribution < 1.29 is 4.79 Å². The predicted molar refractivity (Wildman–Crippen MR) is 127 cm³/mol. The molecule has 1 aromatic heterocycles. The summed E-state index contributed by atoms with van der Waals surface area (Å²) in [5, 5.41) is 4.66. The van der Waals surface area contributed by atoms with Gasteiger partial charge in [0.25, 0.3) is 0 Å². The van der Waals surface area contributed by atoms with Crippen LogP contribution >= 0.6 is 11.9 Å². The lowest BCUT2D eigenvalue weighted by Gasteiger charge is -2.30. The van der Waals surface area contributed by atoms with Crippen molar-refractivity contribution in [2.45, 2.75) is 38.6 Å². The first-order valence-corrected chi connectivity index (χ1v) is 12.6. The number of amides is 1. The van der Waals surface area contributed by atoms with Crippen LogP contribution in [0.4, 0.5) is 11.6 Å². The van der Waals surface area contributed by atoms with Gasteiger partial charge in [0.05, 0.1) is 11.2 Å². The molecule has 3 aliphatic rings. The van der Waals surface area contributed by atoms with Gasteiger partial charge in [-0.15, -0.1) is 0 Å². The van der Waals surface area contributed by atoms with Crippen LogP contribution in [-0.2, 0) is 4.79 Å². The van der Waals surface area contributed by atoms with Crippen molar-refractivity contribution in [2.75, 3.05) is 55.7 Å². The van der Waals surface area contributed by atoms with Crippen molar-refractivity contribution in [3.05, 3.63) is 24.4 Å². The lowest BCUT2D eigenvalue weighted by molar-refractivity contribution is -0.128. The number of benzene rings is 1. The van der Waals surface area contributed by atoms with E-state index >= 15 is 0 Å². The Kier molecular flexibility index (Phi) is 5.69. The van der Waals surface area contributed by atoms with Gasteiger partial charge >= 0.3 is 0 Å². The molecule has 7 nitrogen and oxygen atoms in total. The van der Waals surface area contributed by atoms with E-state index in [0.717, 1.165) is 81.8 Å². The van der Waals surface area contributed by atoms with Crippen molar-refractivity contribution >= 4 is 40.4 Å². The molecule has 4 heterocycles. The lowest BCUT2D eigenvalue weighted by atomic mass is 9.86. The third kappa shape index (κ3) is 4.20. The van der Waals surface area contributed by atoms with Gasteiger partial charge in [-0.1, -0.05) is 24.1 Å². The highest BCUT2D eigenvalue weighted by molar-refractivity contribution is 7.96. The van der Waals surface area contributed by atoms with E-state index in [2.05, 4.69) is 44.0 Å². The van der Waals surface area contributed by atoms with Crippen LogP contribution in [0.1, 0.15) is 32.6 Å². The Morgan fingerprint density at radius 1 is 1.16 bits per heavy atom. The Bertz CT molecular complexity index is 962. The van der Waals surface area contributed by atoms with Crippen molar-refractivity contribution in [2.24, 2.45) is 5.41 Å². The number of nitrogens with one attached hydrogen (secondary N) is 1. The molecular formula is C23H32N6OS. The zero-order chi connectivity index (χ0) is 21.4. The summed E-state index contributed by atoms with van der Waals surface area (Å²) in [4.78, 5) is 25.9. The quantitative estimate of drug-likeness (QED) is 0.732. The summed E-state index contributed by atoms with van der Waals surface area (Å²) >= 11 is 1.83. The number of likely N-dealkylation sites (tertiary alicyclic amines) is 1. The predicted octanol–water partition coefficient (Wildman–Crippen LogP) is 3.23. The minimum atomic E-state index is 0.201. The SMILES string of the molecule is CSN1CCC(Nc2ncc3cccc(N4CCC5(CCN(C(C)=O)C5)C4)c3n2)CC1. The van der Waals surface area contributed by atoms with Crippen molar-refractivity contribution in [1.82, 2.24) is 19.2 Å². The molecule has 1 spiro atoms. The Morgan fingerprint density at radius 3 is 2.71 bits per heavy atom. The number of aromatic nitrogens is 2. The van der Waals surface area contributed by atoms with Gasteiger partial charge in [-0.25, -0.2) is 9.97 Å². The van der Waals surface area contributed by atoms with Gasteiger partial charge in [0.15, 0.2) is 0 Å². The summed E-state index contributed by atoms with van der Waals surface area (Å²) < 4.78 is 2.41. The summed E-state index contributed by atoms with van der Waals surface area (Å²) in [6.45, 7) is 7.69. The van der Waals surface area contributed by atoms with E-state index in [-0.39, 0.29) is 11.3 Å². The fraction of sp³-hybridized carbons (Fsp3) is 0.609. The second-order valence-corrected chi connectivity index (χ2v) is 10.2. The fourth-order valence-electron chi connectivity index (χ4n) is 5.41. The Hall–Kier alpha value is -2.06. The fourth-order valence-corrected chi connectivity index (χ4v) is 5.98. The minimum Gasteiger partial charge on any atom is -0.369 e. The molecular weight excluding hydrogens is 408 g/mol. The average Bonchev–Trinajstić information content (AvgIpc) is 3.41. The van der Waals surface area contributed by atoms with E-state index in [9.17, 15) is 4.79 Å². The van der Waals surface area contributed by atoms with Gasteiger partial charge in [-0.2, -0.15) is 0 Å². The van der Waals surface area contributed by atoms with Crippen LogP contribution in [0.3, 0.4) is 0 Å². The number of carbonyl (C=O) groups excluding carboxylic acids is 1. The average molecular weight is 441 g/mol. The molecule has 3 aliphatic heterocycles. The van der Waals surface area contributed by atoms with Gasteiger partial charge in [-0.05, 0) is 38.0 Å². The highest BCUT2D eigenvalue weighted by Gasteiger charge is 2.44. The molecule has 3 saturated heterocycles. The van der Waals surface area contributed by atoms with E-state index in [4.69, 9.17) is 4.98 Å². The number of hydrogen-bond donors (Lipinski definition) is 1. The number of hydrogen-bond acceptors (Lipinski definition) is 7. The molecule has 3 fully saturated rings. The van der Waals surface area contributed by atoms with E-state index in [1.807, 2.05) is 23.0 Å². The zero-order valence-corrected chi connectivity index (χ0v) is 19.3. The number of nitrogens with zero attached hydrogens (tertiary/aromatic N) is 5. The van der Waals surface area contributed by atoms with Gasteiger partial charge in [0, 0.05) is 69.2 Å². The summed E-state index contributed by atoms with van der Waals surface area (Å²) in [5.41, 5.74) is 2.45. The van der Waals surface area contributed by atoms with Crippen LogP contribution in [0.2, 0.25) is 0 Å². The van der Waals surface area contributed by atoms with Crippen LogP contribution in [-0.4, -0.2) is 76.6 Å². The normalized spacial score (nSPS) is 25.1. The molecule has 8 heteroatoms. The Morgan fingerprint density at radius 2 is 1.97 bits per heavy atom. The molecule has 0 aliphatic carbocycles. The molecule has 1 amide bonds. The third-order valence-electron chi connectivity index (χ3n) is 7.30. The standard InChI is InChI=1S/C23H32N6OS/c1-17(30)27-12-8-23(15-27)9-13-28(16-23)20-5-3-4-18-14-24-22(26-21(18)20)25-19-6-10-29(31-2)11-7-19/h3-5,14,19H,6-13,15-16H2,1-2H3,(H,24,25,26). The maximum Gasteiger partial charge on any atom is 0.223 e. The maximum atomic E-state index is 11.8. The molecule has 2 aromatic rings. The van der Waals surface area contributed by atoms with Crippen molar-refractivity contribution in [3.8, 4) is 0 Å². The largest absolute Gasteiger partial charge is 0.369 e. The highest BCUT2D eigenvalue weighted by Crippen LogP contribution is 2.42. The van der Waals surface area contributed by atoms with E-state index < -0.39 is 0 Å². The molecule has 5 rings (SSSR count). The topological polar surface area (TPSA) is 64.6 Å². The molecule has 0 radical (unpaired) electrons. The van der Waals surface area contributed by atoms with E-state index in [1.165, 1.54) is 5.69 Å². The van der Waals surface area contributed by atoms with Crippen LogP contribution in [0.25, 0.3) is 10.9 Å². The van der Waals surface area contributed by atoms with E-state index in [1.54, 1.807) is 6.92 Å². The van der Waals surface area contributed by atoms with Gasteiger partial charge in [0.2, 0.25) is 11.9 Å². The lowest BCUT2D eigenvalue weighted by Crippen LogP contribution is -2.35. The number of anilines is 2. The van der Waals surface area contributed by atoms with Crippen LogP contribution in [0, 0.1) is 5.41 Å². The first kappa shape index (κ1) is 20.8. The molecule has 31 heavy (non-hydrogen) atoms. The first-order valence-electron chi connectivity index (χ1n) is 11.4. The molecule has 1 unspecified atom stereocenters. The second-order valence-electron chi connectivity index (χ2n) is 9.30. The van der Waals surface area contributed by atoms with Gasteiger partial charge in [0.1, 0.15) is 0 Å². The molecule has 166 valence electrons. The van der Waals surface area contributed by atoms with Gasteiger partial charge < -0.3 is 15.1 Å². The number of fused-ring (bicyclic) bond motifs is 1. The molecule has 1 N–H and O–H groups in total. The summed E-state index contributed by atoms with van der Waals surface area (Å²) in [7, 11) is 0. The highest BCUT2D eigenvalue weighted by atomic mass is 32.2. The Balaban J connectivity index is 1.34. The zero-order valence-electron chi connectivity index (χ0n) is 18.5. The number of rotatable bonds is 4. The summed E-state index contributed by atoms with van der Waals surface area (Å²) in [5.74, 6) is 0.937. The van der Waals surface area contributed by atoms with E-state index in [0.29, 0.717) is 6.04 Å². The molecule has 0 bridgehead atoms. The van der Waals surface area contributed by atoms with Crippen LogP contribution in [0.5, 0.6) is 0 Å². The number of para-hydroxylation sites is 1. The summed E-state index contributed by atoms with van der Waals surface area (Å²) in [6.07, 6.45) is 8.57. The number of piperidine rings is 1. The molecule has 1 aromatic carbocycles. The summed E-state index contributed by atoms with van der Waals surface area (Å²) in [6, 6.07) is 6.82. The van der Waals surface area contributed by atoms with Crippen molar-refractivity contribution in [1.29, 1.82) is 0 Å². The second kappa shape index (κ2) is 8.47. The van der Waals surface area contributed by atoms with Crippen LogP contribution < -0.4 is 10.2 Å². The maximum absolute atomic E-state index is 11.8. The third-order valence-corrected chi connectivity index (χ3v) is 8.18. The number of carbonyl (C=O) groups is 1. The molecule has 0 saturated carbocycles. The first-order chi connectivity index (χ1) is 15.0. The van der Waals surface area contributed by atoms with Crippen molar-refractivity contribution in [3.63, 3.8) is 0 Å².